The van der Waals surface area contributed by atoms with Gasteiger partial charge in [0.1, 0.15) is 0 Å². The van der Waals surface area contributed by atoms with Gasteiger partial charge in [-0.25, -0.2) is 0 Å². The molecular formula is C24H44NO3P. The summed E-state index contributed by atoms with van der Waals surface area (Å²) in [4.78, 5) is 13.9. The third-order valence-corrected chi connectivity index (χ3v) is 6.86. The van der Waals surface area contributed by atoms with E-state index >= 15 is 0 Å². The van der Waals surface area contributed by atoms with Gasteiger partial charge in [0.15, 0.2) is 0 Å². The third-order valence-electron chi connectivity index (χ3n) is 5.45. The summed E-state index contributed by atoms with van der Waals surface area (Å²) in [5.41, 5.74) is 0.828. The lowest BCUT2D eigenvalue weighted by molar-refractivity contribution is 0.249. The minimum Gasteiger partial charge on any atom is -0.324 e. The maximum atomic E-state index is 12.0. The van der Waals surface area contributed by atoms with Crippen molar-refractivity contribution in [2.75, 3.05) is 6.16 Å². The predicted molar refractivity (Wildman–Crippen MR) is 123 cm³/mol. The first-order valence-electron chi connectivity index (χ1n) is 12.0. The molecule has 1 unspecified atom stereocenters. The maximum absolute atomic E-state index is 12.0. The van der Waals surface area contributed by atoms with Crippen molar-refractivity contribution < 1.29 is 14.0 Å². The van der Waals surface area contributed by atoms with E-state index in [-0.39, 0.29) is 12.8 Å². The molecule has 1 aromatic rings. The molecule has 1 N–H and O–H groups in total. The van der Waals surface area contributed by atoms with E-state index < -0.39 is 7.60 Å². The van der Waals surface area contributed by atoms with Crippen LogP contribution in [0.4, 0.5) is 0 Å². The van der Waals surface area contributed by atoms with Crippen LogP contribution in [0.15, 0.2) is 24.5 Å². The van der Waals surface area contributed by atoms with Crippen molar-refractivity contribution in [3.8, 4) is 0 Å². The molecule has 1 rings (SSSR count). The maximum Gasteiger partial charge on any atom is 0.328 e. The molecule has 1 heterocycles. The molecule has 1 aromatic heterocycles. The van der Waals surface area contributed by atoms with Crippen molar-refractivity contribution in [3.63, 3.8) is 0 Å². The Balaban J connectivity index is 1.83. The smallest absolute Gasteiger partial charge is 0.324 e. The predicted octanol–water partition coefficient (Wildman–Crippen LogP) is 8.05. The van der Waals surface area contributed by atoms with Crippen LogP contribution in [-0.4, -0.2) is 16.0 Å². The van der Waals surface area contributed by atoms with E-state index in [0.717, 1.165) is 24.8 Å². The fourth-order valence-electron chi connectivity index (χ4n) is 3.58. The van der Waals surface area contributed by atoms with Crippen LogP contribution in [0.3, 0.4) is 0 Å². The van der Waals surface area contributed by atoms with Crippen molar-refractivity contribution in [2.24, 2.45) is 0 Å². The second-order valence-corrected chi connectivity index (χ2v) is 10.3. The molecule has 1 atom stereocenters. The van der Waals surface area contributed by atoms with Crippen molar-refractivity contribution in [1.29, 1.82) is 0 Å². The Morgan fingerprint density at radius 2 is 1.31 bits per heavy atom. The molecular weight excluding hydrogens is 381 g/mol. The molecule has 0 aliphatic carbocycles. The quantitative estimate of drug-likeness (QED) is 0.170. The molecule has 168 valence electrons. The van der Waals surface area contributed by atoms with Crippen molar-refractivity contribution in [1.82, 2.24) is 4.98 Å². The lowest BCUT2D eigenvalue weighted by atomic mass is 10.0. The minimum atomic E-state index is -3.47. The standard InChI is InChI=1S/C24H44NO3P/c1-2-3-4-5-6-7-8-9-10-11-12-13-14-15-16-17-21-29(26,27)28-23-24-19-18-20-25-22-24/h18-20,22H,2-17,21,23H2,1H3,(H,26,27). The molecule has 0 fully saturated rings. The third kappa shape index (κ3) is 16.7. The highest BCUT2D eigenvalue weighted by atomic mass is 31.2. The number of rotatable bonds is 20. The summed E-state index contributed by atoms with van der Waals surface area (Å²) in [5, 5.41) is 0. The summed E-state index contributed by atoms with van der Waals surface area (Å²) < 4.78 is 17.3. The topological polar surface area (TPSA) is 59.4 Å². The lowest BCUT2D eigenvalue weighted by Crippen LogP contribution is -1.96. The molecule has 0 bridgehead atoms. The van der Waals surface area contributed by atoms with Crippen LogP contribution >= 0.6 is 7.60 Å². The van der Waals surface area contributed by atoms with Gasteiger partial charge in [-0.05, 0) is 18.1 Å². The van der Waals surface area contributed by atoms with Crippen LogP contribution in [0.2, 0.25) is 0 Å². The number of aromatic nitrogens is 1. The van der Waals surface area contributed by atoms with Gasteiger partial charge in [0.25, 0.3) is 0 Å². The van der Waals surface area contributed by atoms with Crippen LogP contribution in [0.25, 0.3) is 0 Å². The Kier molecular flexibility index (Phi) is 16.4. The highest BCUT2D eigenvalue weighted by Crippen LogP contribution is 2.43. The first-order valence-corrected chi connectivity index (χ1v) is 13.8. The Morgan fingerprint density at radius 3 is 1.76 bits per heavy atom. The monoisotopic (exact) mass is 425 g/mol. The summed E-state index contributed by atoms with van der Waals surface area (Å²) in [6.07, 6.45) is 24.4. The molecule has 5 heteroatoms. The minimum absolute atomic E-state index is 0.153. The number of nitrogens with zero attached hydrogens (tertiary/aromatic N) is 1. The number of hydrogen-bond donors (Lipinski definition) is 1. The van der Waals surface area contributed by atoms with E-state index in [1.807, 2.05) is 6.07 Å². The van der Waals surface area contributed by atoms with Gasteiger partial charge >= 0.3 is 7.60 Å². The van der Waals surface area contributed by atoms with Crippen molar-refractivity contribution >= 4 is 7.60 Å². The molecule has 0 aliphatic rings. The van der Waals surface area contributed by atoms with E-state index in [1.54, 1.807) is 18.5 Å². The zero-order valence-electron chi connectivity index (χ0n) is 18.7. The van der Waals surface area contributed by atoms with E-state index in [1.165, 1.54) is 83.5 Å². The second-order valence-electron chi connectivity index (χ2n) is 8.30. The van der Waals surface area contributed by atoms with Gasteiger partial charge in [-0.15, -0.1) is 0 Å². The molecule has 0 radical (unpaired) electrons. The average Bonchev–Trinajstić information content (AvgIpc) is 2.73. The van der Waals surface area contributed by atoms with Crippen LogP contribution in [0.5, 0.6) is 0 Å². The molecule has 0 amide bonds. The Morgan fingerprint density at radius 1 is 0.828 bits per heavy atom. The normalized spacial score (nSPS) is 13.4. The zero-order valence-corrected chi connectivity index (χ0v) is 19.6. The van der Waals surface area contributed by atoms with Crippen LogP contribution in [-0.2, 0) is 15.7 Å². The van der Waals surface area contributed by atoms with E-state index in [9.17, 15) is 9.46 Å². The molecule has 4 nitrogen and oxygen atoms in total. The summed E-state index contributed by atoms with van der Waals surface area (Å²) >= 11 is 0. The first kappa shape index (κ1) is 26.3. The number of hydrogen-bond acceptors (Lipinski definition) is 3. The largest absolute Gasteiger partial charge is 0.328 e. The summed E-state index contributed by atoms with van der Waals surface area (Å²) in [6, 6.07) is 3.65. The van der Waals surface area contributed by atoms with E-state index in [2.05, 4.69) is 11.9 Å². The zero-order chi connectivity index (χ0) is 21.0. The van der Waals surface area contributed by atoms with E-state index in [0.29, 0.717) is 0 Å². The van der Waals surface area contributed by atoms with Crippen LogP contribution in [0, 0.1) is 0 Å². The molecule has 0 saturated heterocycles. The molecule has 0 aromatic carbocycles. The molecule has 0 aliphatic heterocycles. The van der Waals surface area contributed by atoms with Gasteiger partial charge in [0.2, 0.25) is 0 Å². The Bertz CT molecular complexity index is 524. The highest BCUT2D eigenvalue weighted by Gasteiger charge is 2.18. The first-order chi connectivity index (χ1) is 14.1. The SMILES string of the molecule is CCCCCCCCCCCCCCCCCCP(=O)(O)OCc1cccnc1. The summed E-state index contributed by atoms with van der Waals surface area (Å²) in [7, 11) is -3.47. The number of unbranched alkanes of at least 4 members (excludes halogenated alkanes) is 15. The number of pyridine rings is 1. The lowest BCUT2D eigenvalue weighted by Gasteiger charge is -2.12. The van der Waals surface area contributed by atoms with Gasteiger partial charge in [-0.3, -0.25) is 9.55 Å². The van der Waals surface area contributed by atoms with E-state index in [4.69, 9.17) is 4.52 Å². The van der Waals surface area contributed by atoms with Crippen molar-refractivity contribution in [2.45, 2.75) is 116 Å². The fraction of sp³-hybridized carbons (Fsp3) is 0.792. The molecule has 0 saturated carbocycles. The second kappa shape index (κ2) is 18.1. The Labute approximate surface area is 179 Å². The van der Waals surface area contributed by atoms with Gasteiger partial charge in [0.05, 0.1) is 6.61 Å². The van der Waals surface area contributed by atoms with Gasteiger partial charge in [-0.2, -0.15) is 0 Å². The van der Waals surface area contributed by atoms with Gasteiger partial charge < -0.3 is 9.42 Å². The van der Waals surface area contributed by atoms with Crippen molar-refractivity contribution in [3.05, 3.63) is 30.1 Å². The van der Waals surface area contributed by atoms with Gasteiger partial charge in [0, 0.05) is 18.6 Å². The average molecular weight is 426 g/mol. The van der Waals surface area contributed by atoms with Crippen LogP contribution < -0.4 is 0 Å². The fourth-order valence-corrected chi connectivity index (χ4v) is 4.69. The molecule has 29 heavy (non-hydrogen) atoms. The van der Waals surface area contributed by atoms with Crippen LogP contribution in [0.1, 0.15) is 115 Å². The Hall–Kier alpha value is -0.700. The molecule has 0 spiro atoms. The summed E-state index contributed by atoms with van der Waals surface area (Å²) in [6.45, 7) is 2.43. The highest BCUT2D eigenvalue weighted by molar-refractivity contribution is 7.52. The van der Waals surface area contributed by atoms with Gasteiger partial charge in [-0.1, -0.05) is 109 Å². The summed E-state index contributed by atoms with van der Waals surface area (Å²) in [5.74, 6) is 0.